The molecule has 60 valence electrons. The number of hydrogen-bond donors (Lipinski definition) is 1. The van der Waals surface area contributed by atoms with Gasteiger partial charge in [0.1, 0.15) is 0 Å². The zero-order valence-electron chi connectivity index (χ0n) is 6.14. The van der Waals surface area contributed by atoms with E-state index in [1.165, 1.54) is 6.92 Å². The first kappa shape index (κ1) is 8.97. The van der Waals surface area contributed by atoms with Crippen molar-refractivity contribution in [2.45, 2.75) is 13.8 Å². The Morgan fingerprint density at radius 2 is 2.36 bits per heavy atom. The molecule has 0 radical (unpaired) electrons. The van der Waals surface area contributed by atoms with E-state index in [2.05, 4.69) is 26.2 Å². The van der Waals surface area contributed by atoms with Crippen LogP contribution in [0.4, 0.5) is 4.69 Å². The fraction of sp³-hybridized carbons (Fsp3) is 0.333. The molecule has 0 aliphatic carbocycles. The molecule has 0 aromatic carbocycles. The number of nitrogens with zero attached hydrogens (tertiary/aromatic N) is 1. The summed E-state index contributed by atoms with van der Waals surface area (Å²) in [4.78, 5) is 14.8. The Kier molecular flexibility index (Phi) is 2.87. The standard InChI is InChI=1S/C6H7BrN2OSe/c1-3-5(7)11-6(8-3)9-4(2)10/h1-2H3,(H,8,9,10). The van der Waals surface area contributed by atoms with Crippen LogP contribution in [0.2, 0.25) is 0 Å². The fourth-order valence-corrected chi connectivity index (χ4v) is 3.02. The van der Waals surface area contributed by atoms with Gasteiger partial charge in [0.15, 0.2) is 0 Å². The quantitative estimate of drug-likeness (QED) is 0.786. The van der Waals surface area contributed by atoms with Crippen molar-refractivity contribution >= 4 is 41.0 Å². The van der Waals surface area contributed by atoms with Crippen LogP contribution in [-0.2, 0) is 4.79 Å². The molecular formula is C6H7BrN2OSe. The van der Waals surface area contributed by atoms with Gasteiger partial charge in [0.25, 0.3) is 0 Å². The van der Waals surface area contributed by atoms with Crippen molar-refractivity contribution < 1.29 is 4.79 Å². The van der Waals surface area contributed by atoms with Gasteiger partial charge in [0.2, 0.25) is 0 Å². The molecule has 1 rings (SSSR count). The Hall–Kier alpha value is -0.121. The van der Waals surface area contributed by atoms with E-state index in [1.807, 2.05) is 6.92 Å². The Morgan fingerprint density at radius 3 is 2.73 bits per heavy atom. The van der Waals surface area contributed by atoms with E-state index in [1.54, 1.807) is 0 Å². The van der Waals surface area contributed by atoms with Crippen LogP contribution in [-0.4, -0.2) is 25.4 Å². The summed E-state index contributed by atoms with van der Waals surface area (Å²) in [5.74, 6) is -0.0550. The number of aromatic nitrogens is 1. The monoisotopic (exact) mass is 282 g/mol. The maximum atomic E-state index is 10.6. The number of carbonyl (C=O) groups excluding carboxylic acids is 1. The summed E-state index contributed by atoms with van der Waals surface area (Å²) in [5, 5.41) is 2.67. The average Bonchev–Trinajstić information content (AvgIpc) is 2.10. The molecule has 0 fully saturated rings. The summed E-state index contributed by atoms with van der Waals surface area (Å²) in [7, 11) is 0. The number of amides is 1. The van der Waals surface area contributed by atoms with Gasteiger partial charge in [0.05, 0.1) is 0 Å². The molecule has 1 heterocycles. The average molecular weight is 282 g/mol. The number of rotatable bonds is 1. The molecule has 0 aliphatic heterocycles. The van der Waals surface area contributed by atoms with Crippen molar-refractivity contribution in [1.82, 2.24) is 4.98 Å². The van der Waals surface area contributed by atoms with Crippen LogP contribution in [0, 0.1) is 6.92 Å². The molecule has 0 atom stereocenters. The molecule has 1 N–H and O–H groups in total. The molecule has 5 heteroatoms. The number of anilines is 1. The van der Waals surface area contributed by atoms with E-state index in [4.69, 9.17) is 0 Å². The van der Waals surface area contributed by atoms with Crippen molar-refractivity contribution in [3.05, 3.63) is 9.04 Å². The van der Waals surface area contributed by atoms with Crippen LogP contribution in [0.5, 0.6) is 0 Å². The predicted octanol–water partition coefficient (Wildman–Crippen LogP) is 1.17. The Bertz CT molecular complexity index is 265. The number of hydrogen-bond acceptors (Lipinski definition) is 2. The third kappa shape index (κ3) is 2.43. The summed E-state index contributed by atoms with van der Waals surface area (Å²) in [6.45, 7) is 3.40. The van der Waals surface area contributed by atoms with Gasteiger partial charge in [-0.05, 0) is 0 Å². The second-order valence-electron chi connectivity index (χ2n) is 2.06. The predicted molar refractivity (Wildman–Crippen MR) is 47.9 cm³/mol. The number of aryl methyl sites for hydroxylation is 1. The molecule has 0 bridgehead atoms. The van der Waals surface area contributed by atoms with E-state index in [0.29, 0.717) is 0 Å². The number of carbonyl (C=O) groups is 1. The summed E-state index contributed by atoms with van der Waals surface area (Å²) < 4.78 is 1.89. The molecule has 0 spiro atoms. The van der Waals surface area contributed by atoms with Gasteiger partial charge in [-0.1, -0.05) is 0 Å². The zero-order chi connectivity index (χ0) is 8.43. The van der Waals surface area contributed by atoms with E-state index >= 15 is 0 Å². The van der Waals surface area contributed by atoms with Crippen molar-refractivity contribution in [3.63, 3.8) is 0 Å². The van der Waals surface area contributed by atoms with Gasteiger partial charge < -0.3 is 0 Å². The van der Waals surface area contributed by atoms with Gasteiger partial charge in [-0.25, -0.2) is 0 Å². The number of nitrogens with one attached hydrogen (secondary N) is 1. The molecular weight excluding hydrogens is 275 g/mol. The van der Waals surface area contributed by atoms with E-state index in [9.17, 15) is 4.79 Å². The molecule has 0 saturated carbocycles. The third-order valence-electron chi connectivity index (χ3n) is 1.02. The van der Waals surface area contributed by atoms with E-state index < -0.39 is 0 Å². The fourth-order valence-electron chi connectivity index (χ4n) is 0.582. The van der Waals surface area contributed by atoms with E-state index in [-0.39, 0.29) is 20.4 Å². The summed E-state index contributed by atoms with van der Waals surface area (Å²) in [5.41, 5.74) is 0.966. The normalized spacial score (nSPS) is 9.73. The van der Waals surface area contributed by atoms with Gasteiger partial charge in [-0.3, -0.25) is 0 Å². The third-order valence-corrected chi connectivity index (χ3v) is 4.24. The first-order chi connectivity index (χ1) is 5.09. The van der Waals surface area contributed by atoms with Crippen LogP contribution in [0.15, 0.2) is 3.35 Å². The number of halogens is 1. The molecule has 1 amide bonds. The van der Waals surface area contributed by atoms with Crippen LogP contribution in [0.25, 0.3) is 0 Å². The van der Waals surface area contributed by atoms with Crippen LogP contribution < -0.4 is 5.32 Å². The maximum absolute atomic E-state index is 10.6. The van der Waals surface area contributed by atoms with Crippen LogP contribution in [0.1, 0.15) is 12.6 Å². The summed E-state index contributed by atoms with van der Waals surface area (Å²) in [6, 6.07) is 0. The van der Waals surface area contributed by atoms with Gasteiger partial charge in [0, 0.05) is 0 Å². The first-order valence-corrected chi connectivity index (χ1v) is 5.50. The summed E-state index contributed by atoms with van der Waals surface area (Å²) in [6.07, 6.45) is 0. The molecule has 0 saturated heterocycles. The van der Waals surface area contributed by atoms with Crippen molar-refractivity contribution in [1.29, 1.82) is 0 Å². The van der Waals surface area contributed by atoms with Crippen molar-refractivity contribution in [3.8, 4) is 0 Å². The summed E-state index contributed by atoms with van der Waals surface area (Å²) >= 11 is 3.54. The van der Waals surface area contributed by atoms with Gasteiger partial charge in [-0.2, -0.15) is 0 Å². The second kappa shape index (κ2) is 3.52. The molecule has 3 nitrogen and oxygen atoms in total. The SMILES string of the molecule is CC(=O)Nc1nc(C)c(Br)[se]1. The zero-order valence-corrected chi connectivity index (χ0v) is 9.44. The molecule has 1 aromatic rings. The molecule has 1 aromatic heterocycles. The Balaban J connectivity index is 2.81. The van der Waals surface area contributed by atoms with Crippen LogP contribution in [0.3, 0.4) is 0 Å². The van der Waals surface area contributed by atoms with Gasteiger partial charge >= 0.3 is 79.0 Å². The Morgan fingerprint density at radius 1 is 1.73 bits per heavy atom. The van der Waals surface area contributed by atoms with E-state index in [0.717, 1.165) is 13.7 Å². The molecule has 0 aliphatic rings. The Labute approximate surface area is 79.1 Å². The molecule has 11 heavy (non-hydrogen) atoms. The first-order valence-electron chi connectivity index (χ1n) is 3.00. The second-order valence-corrected chi connectivity index (χ2v) is 6.13. The topological polar surface area (TPSA) is 42.0 Å². The van der Waals surface area contributed by atoms with Crippen LogP contribution >= 0.6 is 15.9 Å². The van der Waals surface area contributed by atoms with Crippen molar-refractivity contribution in [2.24, 2.45) is 0 Å². The molecule has 0 unspecified atom stereocenters. The minimum absolute atomic E-state index is 0.0550. The van der Waals surface area contributed by atoms with Gasteiger partial charge in [-0.15, -0.1) is 0 Å². The van der Waals surface area contributed by atoms with Crippen molar-refractivity contribution in [2.75, 3.05) is 5.32 Å². The minimum atomic E-state index is -0.0550.